The van der Waals surface area contributed by atoms with Crippen LogP contribution in [0.1, 0.15) is 12.8 Å². The van der Waals surface area contributed by atoms with E-state index in [0.29, 0.717) is 31.6 Å². The van der Waals surface area contributed by atoms with Crippen molar-refractivity contribution < 1.29 is 13.0 Å². The molecule has 1 heterocycles. The fraction of sp³-hybridized carbons (Fsp3) is 0.417. The van der Waals surface area contributed by atoms with Crippen molar-refractivity contribution in [3.63, 3.8) is 0 Å². The van der Waals surface area contributed by atoms with E-state index >= 15 is 0 Å². The Morgan fingerprint density at radius 1 is 1.26 bits per heavy atom. The molecule has 19 heavy (non-hydrogen) atoms. The number of hydrogen-bond donors (Lipinski definition) is 2. The number of nitrogens with one attached hydrogen (secondary N) is 2. The summed E-state index contributed by atoms with van der Waals surface area (Å²) in [6.07, 6.45) is 2.49. The summed E-state index contributed by atoms with van der Waals surface area (Å²) in [6, 6.07) is 2.13. The molecule has 1 saturated heterocycles. The smallest absolute Gasteiger partial charge is 0.149 e. The topological polar surface area (TPSA) is 56.2 Å². The van der Waals surface area contributed by atoms with Crippen LogP contribution in [0.3, 0.4) is 0 Å². The Hall–Kier alpha value is -1.50. The molecule has 104 valence electrons. The van der Waals surface area contributed by atoms with Gasteiger partial charge in [0.2, 0.25) is 0 Å². The predicted octanol–water partition coefficient (Wildman–Crippen LogP) is 2.29. The van der Waals surface area contributed by atoms with Crippen LogP contribution in [0.4, 0.5) is 20.2 Å². The van der Waals surface area contributed by atoms with E-state index in [1.165, 1.54) is 6.26 Å². The van der Waals surface area contributed by atoms with Crippen LogP contribution < -0.4 is 9.62 Å². The van der Waals surface area contributed by atoms with Gasteiger partial charge < -0.3 is 15.0 Å². The van der Waals surface area contributed by atoms with Gasteiger partial charge in [0.15, 0.2) is 0 Å². The molecule has 2 N–H and O–H groups in total. The largest absolute Gasteiger partial charge is 0.368 e. The van der Waals surface area contributed by atoms with E-state index in [9.17, 15) is 13.0 Å². The van der Waals surface area contributed by atoms with E-state index in [2.05, 4.69) is 4.72 Å². The summed E-state index contributed by atoms with van der Waals surface area (Å²) in [4.78, 5) is 1.73. The molecule has 1 aromatic rings. The normalized spacial score (nSPS) is 17.4. The summed E-state index contributed by atoms with van der Waals surface area (Å²) in [5.74, 6) is -1.19. The molecule has 0 radical (unpaired) electrons. The van der Waals surface area contributed by atoms with Gasteiger partial charge in [-0.1, -0.05) is 0 Å². The van der Waals surface area contributed by atoms with Crippen molar-refractivity contribution in [2.75, 3.05) is 29.0 Å². The molecule has 0 aliphatic carbocycles. The van der Waals surface area contributed by atoms with E-state index in [1.807, 2.05) is 0 Å². The summed E-state index contributed by atoms with van der Waals surface area (Å²) in [7, 11) is -1.45. The number of rotatable bonds is 3. The van der Waals surface area contributed by atoms with Crippen molar-refractivity contribution in [2.24, 2.45) is 0 Å². The molecule has 1 atom stereocenters. The lowest BCUT2D eigenvalue weighted by molar-refractivity contribution is 0.593. The highest BCUT2D eigenvalue weighted by Gasteiger charge is 2.19. The van der Waals surface area contributed by atoms with Gasteiger partial charge >= 0.3 is 0 Å². The van der Waals surface area contributed by atoms with Gasteiger partial charge in [-0.15, -0.1) is 0 Å². The summed E-state index contributed by atoms with van der Waals surface area (Å²) in [5, 5.41) is 7.51. The third kappa shape index (κ3) is 3.28. The zero-order valence-electron chi connectivity index (χ0n) is 10.5. The molecule has 1 aliphatic rings. The molecule has 0 spiro atoms. The van der Waals surface area contributed by atoms with Gasteiger partial charge in [0.05, 0.1) is 11.4 Å². The van der Waals surface area contributed by atoms with Crippen LogP contribution in [0.2, 0.25) is 0 Å². The summed E-state index contributed by atoms with van der Waals surface area (Å²) in [6.45, 7) is 1.03. The van der Waals surface area contributed by atoms with E-state index < -0.39 is 22.6 Å². The predicted molar refractivity (Wildman–Crippen MR) is 73.2 cm³/mol. The van der Waals surface area contributed by atoms with Crippen molar-refractivity contribution in [3.05, 3.63) is 23.8 Å². The van der Waals surface area contributed by atoms with Gasteiger partial charge in [-0.3, -0.25) is 0 Å². The standard InChI is InChI=1S/C12H15F2N3OS/c1-19(18)16-11-6-10(14)12(7-9(11)13)17-4-2-8(15)3-5-17/h6-7,15-16H,2-5H2,1H3. The first-order valence-electron chi connectivity index (χ1n) is 5.87. The van der Waals surface area contributed by atoms with E-state index in [4.69, 9.17) is 5.41 Å². The van der Waals surface area contributed by atoms with Gasteiger partial charge in [0.1, 0.15) is 22.6 Å². The molecule has 1 aliphatic heterocycles. The molecular weight excluding hydrogens is 272 g/mol. The zero-order valence-corrected chi connectivity index (χ0v) is 11.3. The minimum atomic E-state index is -1.45. The zero-order chi connectivity index (χ0) is 14.0. The first-order valence-corrected chi connectivity index (χ1v) is 7.43. The second-order valence-electron chi connectivity index (χ2n) is 4.43. The Balaban J connectivity index is 2.25. The number of benzene rings is 1. The molecule has 0 bridgehead atoms. The molecule has 2 rings (SSSR count). The highest BCUT2D eigenvalue weighted by atomic mass is 32.2. The third-order valence-electron chi connectivity index (χ3n) is 3.00. The maximum Gasteiger partial charge on any atom is 0.149 e. The van der Waals surface area contributed by atoms with Crippen LogP contribution in [0, 0.1) is 17.0 Å². The first kappa shape index (κ1) is 13.9. The maximum absolute atomic E-state index is 14.0. The van der Waals surface area contributed by atoms with E-state index in [0.717, 1.165) is 12.1 Å². The number of anilines is 2. The molecular formula is C12H15F2N3OS. The fourth-order valence-corrected chi connectivity index (χ4v) is 2.50. The van der Waals surface area contributed by atoms with Crippen molar-refractivity contribution in [2.45, 2.75) is 12.8 Å². The molecule has 7 heteroatoms. The van der Waals surface area contributed by atoms with Gasteiger partial charge in [-0.05, 0) is 0 Å². The average molecular weight is 287 g/mol. The average Bonchev–Trinajstić information content (AvgIpc) is 2.34. The highest BCUT2D eigenvalue weighted by molar-refractivity contribution is 7.85. The lowest BCUT2D eigenvalue weighted by atomic mass is 10.1. The van der Waals surface area contributed by atoms with Gasteiger partial charge in [-0.25, -0.2) is 13.0 Å². The Labute approximate surface area is 112 Å². The molecule has 1 aromatic carbocycles. The lowest BCUT2D eigenvalue weighted by Gasteiger charge is -2.29. The number of piperidine rings is 1. The summed E-state index contributed by atoms with van der Waals surface area (Å²) < 4.78 is 41.1. The van der Waals surface area contributed by atoms with Crippen molar-refractivity contribution >= 4 is 28.1 Å². The van der Waals surface area contributed by atoms with E-state index in [-0.39, 0.29) is 11.4 Å². The van der Waals surface area contributed by atoms with Gasteiger partial charge in [0, 0.05) is 50.0 Å². The second-order valence-corrected chi connectivity index (χ2v) is 5.54. The number of nitrogens with zero attached hydrogens (tertiary/aromatic N) is 1. The molecule has 1 unspecified atom stereocenters. The maximum atomic E-state index is 14.0. The minimum absolute atomic E-state index is 0.105. The molecule has 0 aromatic heterocycles. The van der Waals surface area contributed by atoms with Gasteiger partial charge in [-0.2, -0.15) is 0 Å². The van der Waals surface area contributed by atoms with Crippen LogP contribution >= 0.6 is 0 Å². The van der Waals surface area contributed by atoms with Crippen LogP contribution in [-0.4, -0.2) is 29.3 Å². The molecule has 0 amide bonds. The number of halogens is 2. The van der Waals surface area contributed by atoms with Gasteiger partial charge in [0.25, 0.3) is 0 Å². The second kappa shape index (κ2) is 5.64. The van der Waals surface area contributed by atoms with Crippen molar-refractivity contribution in [1.82, 2.24) is 0 Å². The SMILES string of the molecule is CS(=O)Nc1cc(F)c(N2CCC(=N)CC2)cc1F. The lowest BCUT2D eigenvalue weighted by Crippen LogP contribution is -2.34. The van der Waals surface area contributed by atoms with Crippen LogP contribution in [0.25, 0.3) is 0 Å². The Morgan fingerprint density at radius 2 is 1.89 bits per heavy atom. The van der Waals surface area contributed by atoms with Crippen molar-refractivity contribution in [3.8, 4) is 0 Å². The Morgan fingerprint density at radius 3 is 2.47 bits per heavy atom. The van der Waals surface area contributed by atoms with E-state index in [1.54, 1.807) is 4.90 Å². The molecule has 0 saturated carbocycles. The van der Waals surface area contributed by atoms with Crippen LogP contribution in [0.15, 0.2) is 12.1 Å². The summed E-state index contributed by atoms with van der Waals surface area (Å²) in [5.41, 5.74) is 0.723. The summed E-state index contributed by atoms with van der Waals surface area (Å²) >= 11 is 0. The van der Waals surface area contributed by atoms with Crippen molar-refractivity contribution in [1.29, 1.82) is 5.41 Å². The third-order valence-corrected chi connectivity index (χ3v) is 3.51. The fourth-order valence-electron chi connectivity index (χ4n) is 2.03. The monoisotopic (exact) mass is 287 g/mol. The highest BCUT2D eigenvalue weighted by Crippen LogP contribution is 2.28. The number of hydrogen-bond acceptors (Lipinski definition) is 3. The van der Waals surface area contributed by atoms with Crippen LogP contribution in [0.5, 0.6) is 0 Å². The quantitative estimate of drug-likeness (QED) is 0.896. The molecule has 1 fully saturated rings. The first-order chi connectivity index (χ1) is 8.97. The minimum Gasteiger partial charge on any atom is -0.368 e. The molecule has 4 nitrogen and oxygen atoms in total. The Bertz CT molecular complexity index is 526. The Kier molecular flexibility index (Phi) is 4.14. The van der Waals surface area contributed by atoms with Crippen LogP contribution in [-0.2, 0) is 11.0 Å².